The maximum absolute atomic E-state index is 11.8. The monoisotopic (exact) mass is 1470 g/mol. The number of pyridine rings is 1. The number of imidazole rings is 1. The molecule has 0 saturated heterocycles. The molecular weight excluding hydrogens is 1360 g/mol. The van der Waals surface area contributed by atoms with Crippen LogP contribution in [0.25, 0.3) is 133 Å². The lowest BCUT2D eigenvalue weighted by molar-refractivity contribution is -0.570. The van der Waals surface area contributed by atoms with Crippen molar-refractivity contribution in [2.24, 2.45) is 0 Å². The number of fused-ring (bicyclic) bond motifs is 14. The minimum atomic E-state index is -6.65. The molecule has 20 rings (SSSR count). The van der Waals surface area contributed by atoms with Crippen LogP contribution in [0.5, 0.6) is 11.5 Å². The summed E-state index contributed by atoms with van der Waals surface area (Å²) < 4.78 is 262. The molecule has 1 aliphatic heterocycles. The van der Waals surface area contributed by atoms with Crippen LogP contribution in [0.15, 0.2) is 327 Å². The van der Waals surface area contributed by atoms with Crippen LogP contribution >= 0.6 is 0 Å². The van der Waals surface area contributed by atoms with Gasteiger partial charge in [0.15, 0.2) is 8.07 Å². The van der Waals surface area contributed by atoms with Crippen molar-refractivity contribution in [1.29, 1.82) is 0 Å². The fourth-order valence-corrected chi connectivity index (χ4v) is 20.8. The quantitative estimate of drug-likeness (QED) is 0.0560. The van der Waals surface area contributed by atoms with Gasteiger partial charge in [0.2, 0.25) is 0 Å². The smallest absolute Gasteiger partial charge is 0.269 e. The fraction of sp³-hybridized carbons (Fsp3) is 0.135. The van der Waals surface area contributed by atoms with E-state index in [0.717, 1.165) is 66.7 Å². The Morgan fingerprint density at radius 2 is 0.982 bits per heavy atom. The third-order valence-electron chi connectivity index (χ3n) is 22.7. The van der Waals surface area contributed by atoms with Gasteiger partial charge < -0.3 is 9.30 Å². The Labute approximate surface area is 685 Å². The Balaban J connectivity index is 1.01. The highest BCUT2D eigenvalue weighted by Crippen LogP contribution is 2.54. The summed E-state index contributed by atoms with van der Waals surface area (Å²) in [5, 5.41) is -0.558. The molecule has 6 nitrogen and oxygen atoms in total. The summed E-state index contributed by atoms with van der Waals surface area (Å²) in [6.07, 6.45) is 7.04. The summed E-state index contributed by atoms with van der Waals surface area (Å²) >= 11 is 0. The number of aromatic nitrogens is 5. The standard InChI is InChI=1S/C104H85N5OSi/c1-67-30-27-31-68(2)99(67)70-57-86(69-32-28-41-79(56-69)111(76-35-13-10-14-36-76,77-37-15-11-16-38-77)78-39-17-12-18-40-78)100-89(58-70)88-65-92-91(103(6,7)53-54-104(92,8)9)64-87(88)80-42-19-20-43-81(80)90-61-73(108-93-47-24-21-44-82(93)83-45-22-25-48-94(83)108)62-97-101(90)107(100)66-106(97)72-33-29-34-74(60-72)110-75-50-51-85-84-46-23-26-49-95(84)109(96(85)63-75)98-59-71(52-55-105-98)102(3,4)5/h10-52,55-65H,53-54H2,1-9H3/i1D3,2D3,10D,11D,12D,13D,14D,15D,16D,17D,18D,28D,32D,35D,36D,37D,38D,39D,40D,41D,56D. The maximum atomic E-state index is 11.8. The third-order valence-corrected chi connectivity index (χ3v) is 26.7. The molecule has 18 aromatic rings. The average Bonchev–Trinajstić information content (AvgIpc) is 0.783. The van der Waals surface area contributed by atoms with E-state index >= 15 is 0 Å². The molecule has 0 saturated carbocycles. The number of hydrogen-bond donors (Lipinski definition) is 0. The van der Waals surface area contributed by atoms with Gasteiger partial charge in [0, 0.05) is 47.7 Å². The van der Waals surface area contributed by atoms with Crippen LogP contribution in [0.4, 0.5) is 0 Å². The first kappa shape index (κ1) is 46.0. The topological polar surface area (TPSA) is 40.8 Å². The number of benzene rings is 14. The van der Waals surface area contributed by atoms with E-state index in [1.165, 1.54) is 24.3 Å². The van der Waals surface area contributed by atoms with Gasteiger partial charge in [-0.1, -0.05) is 272 Å². The van der Waals surface area contributed by atoms with Crippen molar-refractivity contribution in [3.8, 4) is 90.0 Å². The molecule has 0 spiro atoms. The minimum absolute atomic E-state index is 0.0635. The lowest BCUT2D eigenvalue weighted by Gasteiger charge is -2.42. The van der Waals surface area contributed by atoms with Gasteiger partial charge in [-0.25, -0.2) is 4.98 Å². The summed E-state index contributed by atoms with van der Waals surface area (Å²) in [6.45, 7) is 8.73. The number of ether oxygens (including phenoxy) is 1. The van der Waals surface area contributed by atoms with Crippen molar-refractivity contribution in [3.63, 3.8) is 0 Å². The van der Waals surface area contributed by atoms with E-state index in [0.29, 0.717) is 74.0 Å². The van der Waals surface area contributed by atoms with E-state index in [-0.39, 0.29) is 33.4 Å². The zero-order valence-electron chi connectivity index (χ0n) is 86.8. The molecule has 1 aliphatic carbocycles. The minimum Gasteiger partial charge on any atom is -0.458 e. The van der Waals surface area contributed by atoms with Gasteiger partial charge in [-0.3, -0.25) is 13.7 Å². The number of hydrogen-bond acceptors (Lipinski definition) is 2. The Hall–Kier alpha value is -12.7. The van der Waals surface area contributed by atoms with Crippen molar-refractivity contribution in [1.82, 2.24) is 18.7 Å². The fourth-order valence-electron chi connectivity index (χ4n) is 17.2. The molecule has 0 fully saturated rings. The van der Waals surface area contributed by atoms with E-state index in [1.54, 1.807) is 16.7 Å². The summed E-state index contributed by atoms with van der Waals surface area (Å²) in [7, 11) is -6.65. The predicted molar refractivity (Wildman–Crippen MR) is 464 cm³/mol. The van der Waals surface area contributed by atoms with Gasteiger partial charge >= 0.3 is 0 Å². The van der Waals surface area contributed by atoms with Crippen molar-refractivity contribution in [2.75, 3.05) is 0 Å². The second-order valence-corrected chi connectivity index (χ2v) is 34.7. The Bertz CT molecular complexity index is 7960. The van der Waals surface area contributed by atoms with E-state index in [4.69, 9.17) is 13.8 Å². The van der Waals surface area contributed by atoms with E-state index in [9.17, 15) is 30.2 Å². The number of para-hydroxylation sites is 3. The van der Waals surface area contributed by atoms with Crippen molar-refractivity contribution in [2.45, 2.75) is 91.3 Å². The average molecular weight is 1470 g/mol. The molecule has 536 valence electrons. The van der Waals surface area contributed by atoms with Crippen molar-refractivity contribution in [3.05, 3.63) is 361 Å². The SMILES string of the molecule is [2H]c1c([2H])c([2H])c([Si](c2c([2H])c([2H])c([2H])c([2H])c2[2H])(c2c([2H])c([2H])c([2H])c([2H])c2[2H])c2c([2H])c([2H])c([2H])c(-c3cc(-c4c(C([2H])([2H])[2H])cccc4C([2H])([2H])[2H])cc4c3-[n+]3[c-]n(-c5cccc(Oc6ccc7c8ccccc8n(-c8cc(C(C)(C)C)ccn8)c7c6)c5)c5cc(-n6c7ccccc7c7ccccc76)cc(c53)-c3ccccc3-c3cc5c(cc3-4)C(C)(C)CCC5(C)C)c2[2H])c([2H])c1[2H]. The van der Waals surface area contributed by atoms with Gasteiger partial charge in [-0.2, -0.15) is 0 Å². The zero-order valence-corrected chi connectivity index (χ0v) is 62.8. The lowest BCUT2D eigenvalue weighted by Crippen LogP contribution is -2.74. The zero-order chi connectivity index (χ0) is 96.8. The van der Waals surface area contributed by atoms with Crippen LogP contribution in [0.2, 0.25) is 0 Å². The number of rotatable bonds is 11. The van der Waals surface area contributed by atoms with E-state index < -0.39 is 185 Å². The first-order valence-corrected chi connectivity index (χ1v) is 39.1. The molecule has 7 heteroatoms. The molecule has 5 heterocycles. The van der Waals surface area contributed by atoms with Crippen LogP contribution in [-0.4, -0.2) is 26.8 Å². The number of aryl methyl sites for hydroxylation is 2. The molecule has 2 aliphatic rings. The lowest BCUT2D eigenvalue weighted by atomic mass is 9.62. The van der Waals surface area contributed by atoms with Crippen LogP contribution in [0.3, 0.4) is 0 Å². The van der Waals surface area contributed by atoms with Gasteiger partial charge in [0.25, 0.3) is 6.33 Å². The molecule has 0 amide bonds. The van der Waals surface area contributed by atoms with Gasteiger partial charge in [-0.15, -0.1) is 0 Å². The summed E-state index contributed by atoms with van der Waals surface area (Å²) in [5.74, 6) is 1.47. The predicted octanol–water partition coefficient (Wildman–Crippen LogP) is 23.4. The molecule has 0 radical (unpaired) electrons. The Morgan fingerprint density at radius 3 is 1.59 bits per heavy atom. The van der Waals surface area contributed by atoms with E-state index in [1.807, 2.05) is 132 Å². The molecular formula is C104H85N5OSi. The van der Waals surface area contributed by atoms with Gasteiger partial charge in [0.1, 0.15) is 17.3 Å². The molecule has 0 unspecified atom stereocenters. The van der Waals surface area contributed by atoms with Crippen LogP contribution in [0.1, 0.15) is 123 Å². The molecule has 14 aromatic carbocycles. The molecule has 0 bridgehead atoms. The first-order valence-electron chi connectivity index (χ1n) is 49.6. The first-order chi connectivity index (χ1) is 64.3. The second-order valence-electron chi connectivity index (χ2n) is 31.2. The Kier molecular flexibility index (Phi) is 10.7. The van der Waals surface area contributed by atoms with Gasteiger partial charge in [0.05, 0.1) is 70.5 Å². The van der Waals surface area contributed by atoms with Crippen LogP contribution in [0, 0.1) is 20.0 Å². The summed E-state index contributed by atoms with van der Waals surface area (Å²) in [4.78, 5) is 4.95. The highest BCUT2D eigenvalue weighted by atomic mass is 28.3. The molecule has 4 aromatic heterocycles. The van der Waals surface area contributed by atoms with Crippen molar-refractivity contribution >= 4 is 83.5 Å². The van der Waals surface area contributed by atoms with Crippen LogP contribution < -0.4 is 30.1 Å². The highest BCUT2D eigenvalue weighted by Gasteiger charge is 2.43. The third kappa shape index (κ3) is 10.9. The second kappa shape index (κ2) is 25.7. The Morgan fingerprint density at radius 1 is 0.441 bits per heavy atom. The van der Waals surface area contributed by atoms with Crippen molar-refractivity contribution < 1.29 is 43.6 Å². The maximum Gasteiger partial charge on any atom is 0.269 e. The summed E-state index contributed by atoms with van der Waals surface area (Å²) in [6, 6.07) is 42.3. The van der Waals surface area contributed by atoms with E-state index in [2.05, 4.69) is 112 Å². The number of nitrogens with zero attached hydrogens (tertiary/aromatic N) is 5. The molecule has 111 heavy (non-hydrogen) atoms. The van der Waals surface area contributed by atoms with Gasteiger partial charge in [-0.05, 0) is 238 Å². The van der Waals surface area contributed by atoms with Crippen LogP contribution in [-0.2, 0) is 16.2 Å². The summed E-state index contributed by atoms with van der Waals surface area (Å²) in [5.41, 5.74) is 6.73. The highest BCUT2D eigenvalue weighted by molar-refractivity contribution is 7.20. The largest absolute Gasteiger partial charge is 0.458 e. The molecule has 0 N–H and O–H groups in total. The molecule has 0 atom stereocenters. The normalized spacial score (nSPS) is 17.1.